The molecular formula is C14H15NOSi. The van der Waals surface area contributed by atoms with Gasteiger partial charge in [-0.25, -0.2) is 4.98 Å². The summed E-state index contributed by atoms with van der Waals surface area (Å²) >= 11 is 0. The molecule has 86 valence electrons. The molecule has 0 unspecified atom stereocenters. The van der Waals surface area contributed by atoms with E-state index in [9.17, 15) is 0 Å². The number of ether oxygens (including phenoxy) is 1. The molecule has 0 amide bonds. The van der Waals surface area contributed by atoms with Crippen LogP contribution in [0.15, 0.2) is 48.7 Å². The van der Waals surface area contributed by atoms with Crippen LogP contribution in [0.3, 0.4) is 0 Å². The first kappa shape index (κ1) is 11.9. The van der Waals surface area contributed by atoms with Gasteiger partial charge in [-0.05, 0) is 11.1 Å². The lowest BCUT2D eigenvalue weighted by Crippen LogP contribution is -2.19. The third kappa shape index (κ3) is 3.17. The van der Waals surface area contributed by atoms with E-state index in [2.05, 4.69) is 42.2 Å². The summed E-state index contributed by atoms with van der Waals surface area (Å²) in [5.41, 5.74) is 1.75. The largest absolute Gasteiger partial charge is 0.481 e. The molecule has 2 radical (unpaired) electrons. The Morgan fingerprint density at radius 3 is 2.47 bits per heavy atom. The average molecular weight is 241 g/mol. The van der Waals surface area contributed by atoms with Crippen molar-refractivity contribution in [3.63, 3.8) is 0 Å². The van der Waals surface area contributed by atoms with Gasteiger partial charge in [-0.3, -0.25) is 0 Å². The maximum Gasteiger partial charge on any atom is 0.212 e. The normalized spacial score (nSPS) is 12.1. The van der Waals surface area contributed by atoms with Gasteiger partial charge in [0.25, 0.3) is 0 Å². The van der Waals surface area contributed by atoms with E-state index in [1.807, 2.05) is 18.3 Å². The zero-order chi connectivity index (χ0) is 12.1. The van der Waals surface area contributed by atoms with E-state index in [1.54, 1.807) is 7.11 Å². The van der Waals surface area contributed by atoms with E-state index in [1.165, 1.54) is 10.8 Å². The second-order valence-corrected chi connectivity index (χ2v) is 5.60. The molecule has 17 heavy (non-hydrogen) atoms. The second-order valence-electron chi connectivity index (χ2n) is 3.87. The van der Waals surface area contributed by atoms with Gasteiger partial charge in [-0.1, -0.05) is 48.5 Å². The molecule has 1 aromatic heterocycles. The molecule has 2 aromatic rings. The lowest BCUT2D eigenvalue weighted by molar-refractivity contribution is 0.397. The molecular weight excluding hydrogens is 226 g/mol. The topological polar surface area (TPSA) is 22.1 Å². The zero-order valence-electron chi connectivity index (χ0n) is 10.1. The van der Waals surface area contributed by atoms with Crippen molar-refractivity contribution in [2.45, 2.75) is 12.5 Å². The molecule has 0 fully saturated rings. The van der Waals surface area contributed by atoms with E-state index in [0.29, 0.717) is 11.4 Å². The number of hydrogen-bond acceptors (Lipinski definition) is 2. The van der Waals surface area contributed by atoms with Crippen molar-refractivity contribution in [1.29, 1.82) is 0 Å². The zero-order valence-corrected chi connectivity index (χ0v) is 11.1. The number of methoxy groups -OCH3 is 1. The van der Waals surface area contributed by atoms with Crippen LogP contribution in [-0.4, -0.2) is 21.6 Å². The molecule has 3 heteroatoms. The third-order valence-corrected chi connectivity index (χ3v) is 4.06. The van der Waals surface area contributed by atoms with Gasteiger partial charge in [-0.2, -0.15) is 0 Å². The van der Waals surface area contributed by atoms with Crippen molar-refractivity contribution in [3.8, 4) is 5.88 Å². The molecule has 0 saturated heterocycles. The molecule has 0 bridgehead atoms. The van der Waals surface area contributed by atoms with Crippen molar-refractivity contribution in [1.82, 2.24) is 4.98 Å². The number of benzene rings is 1. The number of rotatable bonds is 4. The molecule has 1 heterocycles. The minimum absolute atomic E-state index is 0.496. The van der Waals surface area contributed by atoms with Crippen LogP contribution in [0.2, 0.25) is 0 Å². The first-order valence-corrected chi connectivity index (χ1v) is 6.69. The molecule has 0 spiro atoms. The molecule has 0 aliphatic carbocycles. The van der Waals surface area contributed by atoms with Gasteiger partial charge in [-0.15, -0.1) is 0 Å². The summed E-state index contributed by atoms with van der Waals surface area (Å²) in [6.45, 7) is 2.23. The van der Waals surface area contributed by atoms with Crippen molar-refractivity contribution >= 4 is 14.7 Å². The van der Waals surface area contributed by atoms with Crippen molar-refractivity contribution in [2.75, 3.05) is 7.11 Å². The molecule has 1 atom stereocenters. The van der Waals surface area contributed by atoms with Gasteiger partial charge in [0.1, 0.15) is 0 Å². The van der Waals surface area contributed by atoms with Gasteiger partial charge in [0.15, 0.2) is 0 Å². The highest BCUT2D eigenvalue weighted by molar-refractivity contribution is 6.54. The molecule has 0 aliphatic heterocycles. The highest BCUT2D eigenvalue weighted by Gasteiger charge is 2.08. The van der Waals surface area contributed by atoms with Crippen LogP contribution >= 0.6 is 0 Å². The van der Waals surface area contributed by atoms with Gasteiger partial charge in [0, 0.05) is 12.3 Å². The van der Waals surface area contributed by atoms with Crippen LogP contribution in [0, 0.1) is 0 Å². The molecule has 0 saturated carbocycles. The molecule has 1 aromatic carbocycles. The minimum atomic E-state index is 0.496. The van der Waals surface area contributed by atoms with E-state index < -0.39 is 0 Å². The highest BCUT2D eigenvalue weighted by atomic mass is 28.2. The Morgan fingerprint density at radius 2 is 1.88 bits per heavy atom. The quantitative estimate of drug-likeness (QED) is 0.765. The molecule has 0 N–H and O–H groups in total. The minimum Gasteiger partial charge on any atom is -0.481 e. The number of pyridine rings is 1. The van der Waals surface area contributed by atoms with Crippen LogP contribution in [0.4, 0.5) is 0 Å². The fourth-order valence-corrected chi connectivity index (χ4v) is 2.86. The average Bonchev–Trinajstić information content (AvgIpc) is 2.40. The Labute approximate surface area is 104 Å². The van der Waals surface area contributed by atoms with Crippen molar-refractivity contribution < 1.29 is 4.74 Å². The van der Waals surface area contributed by atoms with E-state index in [-0.39, 0.29) is 0 Å². The summed E-state index contributed by atoms with van der Waals surface area (Å²) in [5.74, 6) is 0.670. The van der Waals surface area contributed by atoms with E-state index in [4.69, 9.17) is 4.74 Å². The third-order valence-electron chi connectivity index (χ3n) is 2.63. The van der Waals surface area contributed by atoms with Crippen LogP contribution in [-0.2, 0) is 0 Å². The lowest BCUT2D eigenvalue weighted by atomic mass is 10.2. The Bertz CT molecular complexity index is 455. The number of hydrogen-bond donors (Lipinski definition) is 0. The Morgan fingerprint density at radius 1 is 1.12 bits per heavy atom. The Kier molecular flexibility index (Phi) is 3.93. The van der Waals surface area contributed by atoms with E-state index in [0.717, 1.165) is 9.52 Å². The summed E-state index contributed by atoms with van der Waals surface area (Å²) in [4.78, 5) is 4.24. The molecule has 2 rings (SSSR count). The summed E-state index contributed by atoms with van der Waals surface area (Å²) < 4.78 is 5.06. The summed E-state index contributed by atoms with van der Waals surface area (Å²) in [5, 5.41) is 1.39. The maximum atomic E-state index is 5.06. The molecule has 0 aliphatic rings. The Balaban J connectivity index is 2.06. The van der Waals surface area contributed by atoms with Gasteiger partial charge in [0.05, 0.1) is 16.6 Å². The van der Waals surface area contributed by atoms with Crippen LogP contribution in [0.1, 0.15) is 18.0 Å². The first-order valence-electron chi connectivity index (χ1n) is 5.61. The maximum absolute atomic E-state index is 5.06. The smallest absolute Gasteiger partial charge is 0.212 e. The van der Waals surface area contributed by atoms with Crippen LogP contribution < -0.4 is 9.92 Å². The van der Waals surface area contributed by atoms with Gasteiger partial charge >= 0.3 is 0 Å². The summed E-state index contributed by atoms with van der Waals surface area (Å²) in [6.07, 6.45) is 1.90. The first-order chi connectivity index (χ1) is 8.29. The number of aromatic nitrogens is 1. The van der Waals surface area contributed by atoms with Crippen LogP contribution in [0.25, 0.3) is 0 Å². The predicted molar refractivity (Wildman–Crippen MR) is 71.0 cm³/mol. The summed E-state index contributed by atoms with van der Waals surface area (Å²) in [6, 6.07) is 14.6. The van der Waals surface area contributed by atoms with Gasteiger partial charge < -0.3 is 4.74 Å². The standard InChI is InChI=1S/C14H15NOSi/c1-11(17-13-6-4-3-5-7-13)12-8-9-14(16-2)15-10-12/h3-11H,1-2H3/t11-/m0/s1. The second kappa shape index (κ2) is 5.64. The van der Waals surface area contributed by atoms with Gasteiger partial charge in [0.2, 0.25) is 5.88 Å². The van der Waals surface area contributed by atoms with E-state index >= 15 is 0 Å². The highest BCUT2D eigenvalue weighted by Crippen LogP contribution is 2.15. The number of nitrogens with zero attached hydrogens (tertiary/aromatic N) is 1. The SMILES string of the molecule is COc1ccc([C@H](C)[Si]c2ccccc2)cn1. The summed E-state index contributed by atoms with van der Waals surface area (Å²) in [7, 11) is 2.41. The van der Waals surface area contributed by atoms with Crippen molar-refractivity contribution in [3.05, 3.63) is 54.2 Å². The van der Waals surface area contributed by atoms with Crippen LogP contribution in [0.5, 0.6) is 5.88 Å². The Hall–Kier alpha value is -1.61. The molecule has 2 nitrogen and oxygen atoms in total. The predicted octanol–water partition coefficient (Wildman–Crippen LogP) is 2.18. The lowest BCUT2D eigenvalue weighted by Gasteiger charge is -2.10. The fraction of sp³-hybridized carbons (Fsp3) is 0.214. The fourth-order valence-electron chi connectivity index (χ4n) is 1.64. The monoisotopic (exact) mass is 241 g/mol. The van der Waals surface area contributed by atoms with Crippen molar-refractivity contribution in [2.24, 2.45) is 0 Å².